The van der Waals surface area contributed by atoms with Crippen molar-refractivity contribution in [3.05, 3.63) is 35.5 Å². The van der Waals surface area contributed by atoms with Gasteiger partial charge in [0.1, 0.15) is 6.17 Å². The van der Waals surface area contributed by atoms with Crippen LogP contribution in [0.1, 0.15) is 62.0 Å². The third-order valence-corrected chi connectivity index (χ3v) is 7.16. The molecule has 3 N–H and O–H groups in total. The van der Waals surface area contributed by atoms with Gasteiger partial charge in [0, 0.05) is 5.92 Å². The zero-order valence-electron chi connectivity index (χ0n) is 18.6. The normalized spacial score (nSPS) is 28.5. The van der Waals surface area contributed by atoms with Crippen molar-refractivity contribution in [3.8, 4) is 0 Å². The van der Waals surface area contributed by atoms with Crippen LogP contribution in [-0.4, -0.2) is 65.1 Å². The predicted octanol–water partition coefficient (Wildman–Crippen LogP) is 3.44. The van der Waals surface area contributed by atoms with E-state index in [9.17, 15) is 4.79 Å². The van der Waals surface area contributed by atoms with Gasteiger partial charge < -0.3 is 0 Å². The van der Waals surface area contributed by atoms with Crippen LogP contribution in [0.5, 0.6) is 0 Å². The van der Waals surface area contributed by atoms with Crippen molar-refractivity contribution in [2.24, 2.45) is 22.2 Å². The third-order valence-electron chi connectivity index (χ3n) is 6.37. The fourth-order valence-corrected chi connectivity index (χ4v) is 4.88. The van der Waals surface area contributed by atoms with Crippen LogP contribution in [-0.2, 0) is 4.74 Å². The van der Waals surface area contributed by atoms with E-state index in [-0.39, 0.29) is 17.7 Å². The van der Waals surface area contributed by atoms with Crippen molar-refractivity contribution >= 4 is 42.9 Å². The Balaban J connectivity index is 0.000000212. The number of benzene rings is 1. The number of amides is 1. The number of nitrogens with one attached hydrogen (secondary N) is 3. The van der Waals surface area contributed by atoms with Gasteiger partial charge in [0.25, 0.3) is 0 Å². The molecule has 1 aromatic carbocycles. The van der Waals surface area contributed by atoms with Crippen molar-refractivity contribution in [2.75, 3.05) is 13.7 Å². The molecule has 2 aromatic rings. The first-order chi connectivity index (χ1) is 14.7. The molecule has 2 aliphatic heterocycles. The summed E-state index contributed by atoms with van der Waals surface area (Å²) in [6, 6.07) is 8.47. The van der Waals surface area contributed by atoms with Gasteiger partial charge in [0.2, 0.25) is 0 Å². The zero-order valence-corrected chi connectivity index (χ0v) is 22.5. The predicted molar refractivity (Wildman–Crippen MR) is 120 cm³/mol. The van der Waals surface area contributed by atoms with E-state index in [1.807, 2.05) is 13.1 Å². The second-order valence-corrected chi connectivity index (χ2v) is 12.1. The minimum atomic E-state index is -0.0489. The number of carbonyl (C=O) groups excluding carboxylic acids is 1. The molecule has 165 valence electrons. The summed E-state index contributed by atoms with van der Waals surface area (Å²) in [6.07, 6.45) is 3.64. The van der Waals surface area contributed by atoms with Crippen LogP contribution in [0.4, 0.5) is 0 Å². The molecule has 1 aliphatic carbocycles. The molecule has 9 heteroatoms. The Morgan fingerprint density at radius 2 is 2.10 bits per heavy atom. The Hall–Kier alpha value is -1.53. The van der Waals surface area contributed by atoms with E-state index in [0.717, 1.165) is 68.3 Å². The number of hydrogen-bond acceptors (Lipinski definition) is 6. The number of H-pyrrole nitrogens is 1. The summed E-state index contributed by atoms with van der Waals surface area (Å²) >= 11 is 0.726. The molecule has 2 fully saturated rings. The molecule has 8 nitrogen and oxygen atoms in total. The maximum absolute atomic E-state index is 12.1. The number of ether oxygens (including phenoxy) is 1. The Labute approximate surface area is 199 Å². The molecule has 0 spiro atoms. The first-order valence-electron chi connectivity index (χ1n) is 10.9. The number of hydrazine groups is 1. The monoisotopic (exact) mass is 619 g/mol. The van der Waals surface area contributed by atoms with E-state index in [0.29, 0.717) is 11.6 Å². The summed E-state index contributed by atoms with van der Waals surface area (Å²) in [7, 11) is 1.83. The molecular formula is C22H31N6O2Pb. The molecule has 1 amide bonds. The van der Waals surface area contributed by atoms with Crippen LogP contribution in [0.15, 0.2) is 34.6 Å². The number of carbonyl (C=O) groups is 1. The van der Waals surface area contributed by atoms with E-state index in [4.69, 9.17) is 4.74 Å². The van der Waals surface area contributed by atoms with Crippen LogP contribution in [0.2, 0.25) is 0 Å². The average molecular weight is 619 g/mol. The van der Waals surface area contributed by atoms with Gasteiger partial charge >= 0.3 is 147 Å². The third kappa shape index (κ3) is 5.46. The molecule has 0 bridgehead atoms. The van der Waals surface area contributed by atoms with Crippen LogP contribution >= 0.6 is 0 Å². The average Bonchev–Trinajstić information content (AvgIpc) is 3.14. The molecule has 5 rings (SSSR count). The number of fused-ring (bicyclic) bond motifs is 1. The molecule has 3 heterocycles. The van der Waals surface area contributed by atoms with Crippen LogP contribution in [0.3, 0.4) is 0 Å². The van der Waals surface area contributed by atoms with E-state index in [1.54, 1.807) is 2.71 Å². The van der Waals surface area contributed by atoms with Crippen molar-refractivity contribution in [3.63, 3.8) is 0 Å². The Kier molecular flexibility index (Phi) is 6.68. The number of rotatable bonds is 3. The summed E-state index contributed by atoms with van der Waals surface area (Å²) in [4.78, 5) is 15.3. The first kappa shape index (κ1) is 22.7. The van der Waals surface area contributed by atoms with Crippen LogP contribution in [0.25, 0.3) is 10.9 Å². The zero-order chi connectivity index (χ0) is 22.2. The van der Waals surface area contributed by atoms with Gasteiger partial charge in [-0.2, -0.15) is 5.43 Å². The number of aromatic amines is 1. The second kappa shape index (κ2) is 9.15. The molecular weight excluding hydrogens is 587 g/mol. The topological polar surface area (TPSA) is 94.1 Å². The number of hydrogen-bond donors (Lipinski definition) is 3. The SMILES string of the molecule is CC1CC1C1N=NNN1.C[N]([Pb])C(=O)c1cc2cc([C@H]3CCOC(C)(C)C3)ccc2[nH]1. The van der Waals surface area contributed by atoms with Gasteiger partial charge in [-0.15, -0.1) is 5.11 Å². The van der Waals surface area contributed by atoms with Crippen molar-refractivity contribution in [1.82, 2.24) is 18.7 Å². The number of nitrogens with zero attached hydrogens (tertiary/aromatic N) is 3. The van der Waals surface area contributed by atoms with Crippen molar-refractivity contribution < 1.29 is 9.53 Å². The Morgan fingerprint density at radius 1 is 1.32 bits per heavy atom. The van der Waals surface area contributed by atoms with Gasteiger partial charge in [-0.3, -0.25) is 0 Å². The molecule has 3 unspecified atom stereocenters. The Bertz CT molecular complexity index is 972. The van der Waals surface area contributed by atoms with E-state index in [1.165, 1.54) is 12.0 Å². The quantitative estimate of drug-likeness (QED) is 0.460. The summed E-state index contributed by atoms with van der Waals surface area (Å²) in [5.74, 6) is 2.16. The molecule has 3 aliphatic rings. The Morgan fingerprint density at radius 3 is 2.71 bits per heavy atom. The van der Waals surface area contributed by atoms with Gasteiger partial charge in [-0.25, -0.2) is 5.53 Å². The summed E-state index contributed by atoms with van der Waals surface area (Å²) in [6.45, 7) is 7.37. The molecule has 1 aromatic heterocycles. The van der Waals surface area contributed by atoms with E-state index < -0.39 is 0 Å². The van der Waals surface area contributed by atoms with E-state index >= 15 is 0 Å². The van der Waals surface area contributed by atoms with Gasteiger partial charge in [0.15, 0.2) is 0 Å². The minimum absolute atomic E-state index is 0.0489. The fraction of sp³-hybridized carbons (Fsp3) is 0.591. The van der Waals surface area contributed by atoms with Crippen LogP contribution < -0.4 is 11.0 Å². The molecule has 31 heavy (non-hydrogen) atoms. The van der Waals surface area contributed by atoms with Gasteiger partial charge in [-0.05, 0) is 12.3 Å². The molecule has 1 saturated carbocycles. The summed E-state index contributed by atoms with van der Waals surface area (Å²) in [5, 5.41) is 8.69. The van der Waals surface area contributed by atoms with Gasteiger partial charge in [-0.1, -0.05) is 12.1 Å². The molecule has 3 radical (unpaired) electrons. The summed E-state index contributed by atoms with van der Waals surface area (Å²) in [5.41, 5.74) is 8.59. The second-order valence-electron chi connectivity index (χ2n) is 9.49. The fourth-order valence-electron chi connectivity index (χ4n) is 4.42. The summed E-state index contributed by atoms with van der Waals surface area (Å²) < 4.78 is 7.54. The van der Waals surface area contributed by atoms with Crippen molar-refractivity contribution in [1.29, 1.82) is 0 Å². The standard InChI is InChI=1S/C17H22N2O2.C5H10N4.Pb/c1-17(2)10-12(6-7-21-17)11-4-5-14-13(8-11)9-15(19-14)16(20)18-3;1-3-2-4(3)5-6-8-9-7-5;/h4-5,8-9,12H,6-7,10H2,1-3H3,(H2,18,19,20);3-5H,2H2,1H3,(H,6,9)(H,7,8);/q;;+1/p-1/t12-;;/m0../s1. The molecule has 1 saturated heterocycles. The number of aromatic nitrogens is 1. The van der Waals surface area contributed by atoms with E-state index in [2.05, 4.69) is 65.3 Å². The molecule has 4 atom stereocenters. The van der Waals surface area contributed by atoms with Crippen LogP contribution in [0, 0.1) is 11.8 Å². The van der Waals surface area contributed by atoms with Gasteiger partial charge in [0.05, 0.1) is 0 Å². The maximum atomic E-state index is 12.1. The first-order valence-corrected chi connectivity index (χ1v) is 12.6. The van der Waals surface area contributed by atoms with Crippen molar-refractivity contribution in [2.45, 2.75) is 57.7 Å².